The summed E-state index contributed by atoms with van der Waals surface area (Å²) >= 11 is 0. The van der Waals surface area contributed by atoms with E-state index in [9.17, 15) is 44.6 Å². The Morgan fingerprint density at radius 2 is 0.891 bits per heavy atom. The molecule has 1 saturated carbocycles. The van der Waals surface area contributed by atoms with Crippen molar-refractivity contribution in [2.75, 3.05) is 13.2 Å². The van der Waals surface area contributed by atoms with Gasteiger partial charge in [0, 0.05) is 12.8 Å². The summed E-state index contributed by atoms with van der Waals surface area (Å²) in [6, 6.07) is 0. The van der Waals surface area contributed by atoms with E-state index in [4.69, 9.17) is 18.5 Å². The topological polar surface area (TPSA) is 210 Å². The van der Waals surface area contributed by atoms with Crippen LogP contribution < -0.4 is 0 Å². The zero-order valence-electron chi connectivity index (χ0n) is 39.6. The van der Waals surface area contributed by atoms with Gasteiger partial charge in [0.05, 0.1) is 6.61 Å². The summed E-state index contributed by atoms with van der Waals surface area (Å²) < 4.78 is 33.5. The van der Waals surface area contributed by atoms with Crippen LogP contribution in [0.1, 0.15) is 200 Å². The van der Waals surface area contributed by atoms with Crippen molar-refractivity contribution in [3.63, 3.8) is 0 Å². The van der Waals surface area contributed by atoms with Gasteiger partial charge < -0.3 is 39.9 Å². The summed E-state index contributed by atoms with van der Waals surface area (Å²) in [5.41, 5.74) is 0. The predicted molar refractivity (Wildman–Crippen MR) is 253 cm³/mol. The minimum absolute atomic E-state index is 0.0511. The molecule has 0 amide bonds. The van der Waals surface area contributed by atoms with Crippen LogP contribution in [0.25, 0.3) is 0 Å². The summed E-state index contributed by atoms with van der Waals surface area (Å²) in [7, 11) is -5.13. The first-order valence-corrected chi connectivity index (χ1v) is 26.5. The van der Waals surface area contributed by atoms with Crippen molar-refractivity contribution in [2.24, 2.45) is 0 Å². The van der Waals surface area contributed by atoms with Gasteiger partial charge in [0.15, 0.2) is 6.10 Å². The predicted octanol–water partition coefficient (Wildman–Crippen LogP) is 10.3. The largest absolute Gasteiger partial charge is 0.472 e. The van der Waals surface area contributed by atoms with E-state index in [2.05, 4.69) is 19.9 Å². The fraction of sp³-hybridized carbons (Fsp3) is 0.800. The lowest BCUT2D eigenvalue weighted by atomic mass is 9.85. The SMILES string of the molecule is CC/C=C/C=C/C=C/C=C/CCCCCC(=O)OC(COC(=O)CCCCCCCCCCCCCCCCCCCCCCCC)COP(=O)(O)OC1C(O)C(O)C(O)[C@H](O)C1O. The van der Waals surface area contributed by atoms with E-state index in [0.29, 0.717) is 12.8 Å². The second-order valence-corrected chi connectivity index (χ2v) is 18.8. The second-order valence-electron chi connectivity index (χ2n) is 17.4. The Balaban J connectivity index is 2.37. The zero-order chi connectivity index (χ0) is 47.1. The van der Waals surface area contributed by atoms with Gasteiger partial charge in [-0.3, -0.25) is 18.6 Å². The molecule has 0 saturated heterocycles. The van der Waals surface area contributed by atoms with Gasteiger partial charge in [-0.05, 0) is 32.1 Å². The number of hydrogen-bond acceptors (Lipinski definition) is 12. The van der Waals surface area contributed by atoms with E-state index in [0.717, 1.165) is 44.9 Å². The molecule has 0 heterocycles. The molecule has 0 aromatic carbocycles. The van der Waals surface area contributed by atoms with Gasteiger partial charge >= 0.3 is 19.8 Å². The van der Waals surface area contributed by atoms with E-state index >= 15 is 0 Å². The van der Waals surface area contributed by atoms with Gasteiger partial charge in [-0.15, -0.1) is 0 Å². The molecule has 1 aliphatic rings. The number of ether oxygens (including phenoxy) is 2. The number of hydrogen-bond donors (Lipinski definition) is 6. The van der Waals surface area contributed by atoms with Gasteiger partial charge in [-0.1, -0.05) is 204 Å². The molecule has 1 rings (SSSR count). The Bertz CT molecular complexity index is 1300. The molecule has 0 bridgehead atoms. The van der Waals surface area contributed by atoms with Gasteiger partial charge in [0.1, 0.15) is 43.2 Å². The fourth-order valence-corrected chi connectivity index (χ4v) is 8.51. The maximum atomic E-state index is 12.8. The van der Waals surface area contributed by atoms with E-state index in [1.807, 2.05) is 42.5 Å². The number of esters is 2. The highest BCUT2D eigenvalue weighted by Crippen LogP contribution is 2.47. The minimum atomic E-state index is -5.13. The van der Waals surface area contributed by atoms with E-state index in [-0.39, 0.29) is 12.8 Å². The van der Waals surface area contributed by atoms with Crippen molar-refractivity contribution in [3.8, 4) is 0 Å². The zero-order valence-corrected chi connectivity index (χ0v) is 40.5. The summed E-state index contributed by atoms with van der Waals surface area (Å²) in [4.78, 5) is 35.7. The maximum Gasteiger partial charge on any atom is 0.472 e. The summed E-state index contributed by atoms with van der Waals surface area (Å²) in [6.45, 7) is 3.14. The standard InChI is InChI=1S/C50H89O13P/c1-3-5-7-9-11-13-15-17-18-19-20-21-22-23-24-25-27-28-30-32-34-36-38-43(51)60-40-42(41-61-64(58,59)63-50-48(56)46(54)45(53)47(55)49(50)57)62-44(52)39-37-35-33-31-29-26-16-14-12-10-8-6-4-2/h6,8,10,12,14,16,26,29,42,45-50,53-57H,3-5,7,9,11,13,15,17-25,27-28,30-41H2,1-2H3,(H,58,59)/b8-6+,12-10+,16-14+,29-26+/t42?,45?,46-,47?,48?,49?,50?/m0/s1. The van der Waals surface area contributed by atoms with Gasteiger partial charge in [-0.25, -0.2) is 4.57 Å². The van der Waals surface area contributed by atoms with E-state index in [1.54, 1.807) is 0 Å². The number of aliphatic hydroxyl groups is 5. The molecular weight excluding hydrogens is 840 g/mol. The summed E-state index contributed by atoms with van der Waals surface area (Å²) in [6.07, 6.45) is 34.7. The average molecular weight is 929 g/mol. The highest BCUT2D eigenvalue weighted by molar-refractivity contribution is 7.47. The lowest BCUT2D eigenvalue weighted by Gasteiger charge is -2.41. The molecule has 0 spiro atoms. The van der Waals surface area contributed by atoms with Crippen molar-refractivity contribution in [2.45, 2.75) is 243 Å². The lowest BCUT2D eigenvalue weighted by Crippen LogP contribution is -2.64. The molecule has 0 aliphatic heterocycles. The van der Waals surface area contributed by atoms with E-state index in [1.165, 1.54) is 116 Å². The quantitative estimate of drug-likeness (QED) is 0.0146. The number of carbonyl (C=O) groups is 2. The molecule has 0 aromatic heterocycles. The van der Waals surface area contributed by atoms with Crippen LogP contribution in [0.2, 0.25) is 0 Å². The number of carbonyl (C=O) groups excluding carboxylic acids is 2. The number of unbranched alkanes of at least 4 members (excludes halogenated alkanes) is 24. The molecule has 0 radical (unpaired) electrons. The molecule has 372 valence electrons. The van der Waals surface area contributed by atoms with Crippen LogP contribution in [0, 0.1) is 0 Å². The first kappa shape index (κ1) is 59.8. The molecule has 6 N–H and O–H groups in total. The Morgan fingerprint density at radius 1 is 0.500 bits per heavy atom. The van der Waals surface area contributed by atoms with Crippen molar-refractivity contribution in [1.82, 2.24) is 0 Å². The van der Waals surface area contributed by atoms with Gasteiger partial charge in [-0.2, -0.15) is 0 Å². The third-order valence-electron chi connectivity index (χ3n) is 11.5. The lowest BCUT2D eigenvalue weighted by molar-refractivity contribution is -0.220. The molecule has 8 atom stereocenters. The summed E-state index contributed by atoms with van der Waals surface area (Å²) in [5.74, 6) is -1.14. The first-order chi connectivity index (χ1) is 30.9. The third-order valence-corrected chi connectivity index (χ3v) is 12.5. The van der Waals surface area contributed by atoms with Crippen LogP contribution in [0.15, 0.2) is 48.6 Å². The molecule has 14 heteroatoms. The normalized spacial score (nSPS) is 21.9. The molecule has 0 aromatic rings. The van der Waals surface area contributed by atoms with Crippen LogP contribution in [0.5, 0.6) is 0 Å². The number of phosphoric ester groups is 1. The monoisotopic (exact) mass is 929 g/mol. The highest BCUT2D eigenvalue weighted by Gasteiger charge is 2.51. The van der Waals surface area contributed by atoms with Crippen molar-refractivity contribution < 1.29 is 63.1 Å². The molecule has 1 fully saturated rings. The Morgan fingerprint density at radius 3 is 1.36 bits per heavy atom. The van der Waals surface area contributed by atoms with Crippen LogP contribution in [-0.4, -0.2) is 98.3 Å². The van der Waals surface area contributed by atoms with Crippen LogP contribution in [0.3, 0.4) is 0 Å². The molecular formula is C50H89O13P. The Kier molecular flexibility index (Phi) is 37.3. The molecule has 13 nitrogen and oxygen atoms in total. The molecule has 64 heavy (non-hydrogen) atoms. The van der Waals surface area contributed by atoms with Gasteiger partial charge in [0.2, 0.25) is 0 Å². The van der Waals surface area contributed by atoms with Gasteiger partial charge in [0.25, 0.3) is 0 Å². The number of aliphatic hydroxyl groups excluding tert-OH is 5. The molecule has 7 unspecified atom stereocenters. The summed E-state index contributed by atoms with van der Waals surface area (Å²) in [5, 5.41) is 50.2. The van der Waals surface area contributed by atoms with Crippen molar-refractivity contribution in [1.29, 1.82) is 0 Å². The smallest absolute Gasteiger partial charge is 0.462 e. The van der Waals surface area contributed by atoms with Crippen molar-refractivity contribution in [3.05, 3.63) is 48.6 Å². The average Bonchev–Trinajstić information content (AvgIpc) is 3.28. The fourth-order valence-electron chi connectivity index (χ4n) is 7.53. The first-order valence-electron chi connectivity index (χ1n) is 25.0. The minimum Gasteiger partial charge on any atom is -0.462 e. The second kappa shape index (κ2) is 39.9. The van der Waals surface area contributed by atoms with Crippen LogP contribution in [0.4, 0.5) is 0 Å². The maximum absolute atomic E-state index is 12.8. The van der Waals surface area contributed by atoms with Crippen LogP contribution in [-0.2, 0) is 32.7 Å². The number of phosphoric acid groups is 1. The van der Waals surface area contributed by atoms with E-state index < -0.39 is 75.7 Å². The van der Waals surface area contributed by atoms with Crippen molar-refractivity contribution >= 4 is 19.8 Å². The highest BCUT2D eigenvalue weighted by atomic mass is 31.2. The Hall–Kier alpha value is -2.19. The number of allylic oxidation sites excluding steroid dienone is 8. The number of rotatable bonds is 41. The Labute approximate surface area is 386 Å². The third kappa shape index (κ3) is 31.7. The van der Waals surface area contributed by atoms with Crippen LogP contribution >= 0.6 is 7.82 Å². The molecule has 1 aliphatic carbocycles.